The van der Waals surface area contributed by atoms with Gasteiger partial charge in [-0.05, 0) is 49.6 Å². The Balaban J connectivity index is 0.00000256. The maximum atomic E-state index is 4.70. The molecule has 0 spiro atoms. The lowest BCUT2D eigenvalue weighted by molar-refractivity contribution is 0.794. The van der Waals surface area contributed by atoms with Crippen molar-refractivity contribution in [2.24, 2.45) is 4.99 Å². The predicted molar refractivity (Wildman–Crippen MR) is 136 cm³/mol. The van der Waals surface area contributed by atoms with E-state index < -0.39 is 0 Å². The van der Waals surface area contributed by atoms with Gasteiger partial charge in [0.25, 0.3) is 0 Å². The highest BCUT2D eigenvalue weighted by Crippen LogP contribution is 2.19. The molecule has 0 saturated carbocycles. The zero-order chi connectivity index (χ0) is 20.1. The zero-order valence-corrected chi connectivity index (χ0v) is 19.8. The Morgan fingerprint density at radius 3 is 2.77 bits per heavy atom. The van der Waals surface area contributed by atoms with Gasteiger partial charge in [0, 0.05) is 43.2 Å². The summed E-state index contributed by atoms with van der Waals surface area (Å²) in [5.74, 6) is 1.82. The predicted octanol–water partition coefficient (Wildman–Crippen LogP) is 4.31. The van der Waals surface area contributed by atoms with Crippen molar-refractivity contribution in [2.75, 3.05) is 19.6 Å². The lowest BCUT2D eigenvalue weighted by Crippen LogP contribution is -2.38. The molecule has 6 nitrogen and oxygen atoms in total. The van der Waals surface area contributed by atoms with Crippen LogP contribution in [0.3, 0.4) is 0 Å². The number of hydrogen-bond acceptors (Lipinski definition) is 2. The molecule has 0 saturated heterocycles. The molecule has 0 atom stereocenters. The van der Waals surface area contributed by atoms with E-state index in [0.29, 0.717) is 6.54 Å². The molecule has 2 aromatic carbocycles. The molecule has 158 valence electrons. The minimum Gasteiger partial charge on any atom is -0.361 e. The molecule has 4 N–H and O–H groups in total. The number of guanidine groups is 1. The van der Waals surface area contributed by atoms with E-state index in [1.807, 2.05) is 24.3 Å². The first-order valence-corrected chi connectivity index (χ1v) is 10.3. The minimum atomic E-state index is 0. The van der Waals surface area contributed by atoms with Crippen molar-refractivity contribution in [1.29, 1.82) is 0 Å². The molecule has 4 aromatic rings. The first kappa shape index (κ1) is 22.1. The average molecular weight is 516 g/mol. The van der Waals surface area contributed by atoms with Gasteiger partial charge in [0.1, 0.15) is 5.82 Å². The second-order valence-electron chi connectivity index (χ2n) is 7.25. The number of imidazole rings is 1. The van der Waals surface area contributed by atoms with Gasteiger partial charge in [-0.15, -0.1) is 24.0 Å². The van der Waals surface area contributed by atoms with Gasteiger partial charge in [-0.25, -0.2) is 4.98 Å². The smallest absolute Gasteiger partial charge is 0.191 e. The fraction of sp³-hybridized carbons (Fsp3) is 0.304. The van der Waals surface area contributed by atoms with Gasteiger partial charge in [-0.3, -0.25) is 4.99 Å². The Morgan fingerprint density at radius 2 is 1.93 bits per heavy atom. The van der Waals surface area contributed by atoms with Crippen LogP contribution in [-0.4, -0.2) is 40.5 Å². The highest BCUT2D eigenvalue weighted by atomic mass is 127. The molecule has 2 aromatic heterocycles. The van der Waals surface area contributed by atoms with Crippen molar-refractivity contribution < 1.29 is 0 Å². The van der Waals surface area contributed by atoms with Crippen LogP contribution in [0.25, 0.3) is 21.9 Å². The van der Waals surface area contributed by atoms with E-state index in [1.165, 1.54) is 22.0 Å². The second-order valence-corrected chi connectivity index (χ2v) is 7.25. The van der Waals surface area contributed by atoms with Gasteiger partial charge in [-0.2, -0.15) is 0 Å². The third-order valence-electron chi connectivity index (χ3n) is 5.01. The quantitative estimate of drug-likeness (QED) is 0.168. The van der Waals surface area contributed by atoms with Crippen LogP contribution in [-0.2, 0) is 12.8 Å². The molecule has 0 aliphatic rings. The van der Waals surface area contributed by atoms with E-state index in [-0.39, 0.29) is 24.0 Å². The standard InChI is InChI=1S/C23H28N6.HI/c1-3-24-23(26-13-11-22-28-19-6-4-5-7-20(19)29-22)25-12-10-17-15-27-21-14-16(2)8-9-18(17)21;/h4-9,14-15,27H,3,10-13H2,1-2H3,(H,28,29)(H2,24,25,26);1H. The van der Waals surface area contributed by atoms with E-state index in [4.69, 9.17) is 4.99 Å². The molecule has 4 rings (SSSR count). The van der Waals surface area contributed by atoms with E-state index in [0.717, 1.165) is 48.7 Å². The molecule has 2 heterocycles. The number of aliphatic imine (C=N–C) groups is 1. The number of rotatable bonds is 7. The first-order chi connectivity index (χ1) is 14.2. The molecule has 30 heavy (non-hydrogen) atoms. The van der Waals surface area contributed by atoms with Crippen molar-refractivity contribution in [3.63, 3.8) is 0 Å². The number of nitrogens with zero attached hydrogens (tertiary/aromatic N) is 2. The van der Waals surface area contributed by atoms with Gasteiger partial charge in [-0.1, -0.05) is 24.3 Å². The summed E-state index contributed by atoms with van der Waals surface area (Å²) in [6.07, 6.45) is 3.83. The lowest BCUT2D eigenvalue weighted by Gasteiger charge is -2.11. The highest BCUT2D eigenvalue weighted by molar-refractivity contribution is 14.0. The molecule has 0 unspecified atom stereocenters. The summed E-state index contributed by atoms with van der Waals surface area (Å²) in [6.45, 7) is 6.55. The Kier molecular flexibility index (Phi) is 7.73. The van der Waals surface area contributed by atoms with Crippen LogP contribution in [0.5, 0.6) is 0 Å². The number of nitrogens with one attached hydrogen (secondary N) is 4. The largest absolute Gasteiger partial charge is 0.361 e. The van der Waals surface area contributed by atoms with Crippen LogP contribution in [0.15, 0.2) is 53.7 Å². The van der Waals surface area contributed by atoms with E-state index >= 15 is 0 Å². The minimum absolute atomic E-state index is 0. The second kappa shape index (κ2) is 10.5. The summed E-state index contributed by atoms with van der Waals surface area (Å²) in [7, 11) is 0. The van der Waals surface area contributed by atoms with Crippen molar-refractivity contribution in [3.8, 4) is 0 Å². The first-order valence-electron chi connectivity index (χ1n) is 10.3. The molecule has 0 aliphatic heterocycles. The number of para-hydroxylation sites is 2. The molecule has 0 bridgehead atoms. The van der Waals surface area contributed by atoms with Crippen LogP contribution in [0.4, 0.5) is 0 Å². The summed E-state index contributed by atoms with van der Waals surface area (Å²) < 4.78 is 0. The number of aromatic amines is 2. The normalized spacial score (nSPS) is 11.6. The summed E-state index contributed by atoms with van der Waals surface area (Å²) in [6, 6.07) is 14.6. The maximum absolute atomic E-state index is 4.70. The Morgan fingerprint density at radius 1 is 1.07 bits per heavy atom. The van der Waals surface area contributed by atoms with Crippen molar-refractivity contribution in [2.45, 2.75) is 26.7 Å². The van der Waals surface area contributed by atoms with Crippen LogP contribution in [0, 0.1) is 6.92 Å². The summed E-state index contributed by atoms with van der Waals surface area (Å²) in [4.78, 5) is 16.0. The Bertz CT molecular complexity index is 1090. The topological polar surface area (TPSA) is 80.9 Å². The fourth-order valence-electron chi connectivity index (χ4n) is 3.56. The van der Waals surface area contributed by atoms with E-state index in [1.54, 1.807) is 0 Å². The van der Waals surface area contributed by atoms with Crippen LogP contribution in [0.1, 0.15) is 23.9 Å². The van der Waals surface area contributed by atoms with Gasteiger partial charge >= 0.3 is 0 Å². The van der Waals surface area contributed by atoms with Crippen LogP contribution >= 0.6 is 24.0 Å². The molecule has 0 fully saturated rings. The van der Waals surface area contributed by atoms with Crippen LogP contribution < -0.4 is 10.6 Å². The number of aryl methyl sites for hydroxylation is 1. The molecule has 7 heteroatoms. The average Bonchev–Trinajstić information content (AvgIpc) is 3.31. The third kappa shape index (κ3) is 5.33. The highest BCUT2D eigenvalue weighted by Gasteiger charge is 2.05. The number of H-pyrrole nitrogens is 2. The summed E-state index contributed by atoms with van der Waals surface area (Å²) in [5, 5.41) is 8.06. The Hall–Kier alpha value is -2.55. The number of fused-ring (bicyclic) bond motifs is 2. The molecular formula is C23H29IN6. The zero-order valence-electron chi connectivity index (χ0n) is 17.5. The van der Waals surface area contributed by atoms with E-state index in [9.17, 15) is 0 Å². The van der Waals surface area contributed by atoms with Gasteiger partial charge < -0.3 is 20.6 Å². The van der Waals surface area contributed by atoms with Crippen LogP contribution in [0.2, 0.25) is 0 Å². The number of aromatic nitrogens is 3. The SMILES string of the molecule is CCNC(=NCCc1nc2ccccc2[nH]1)NCCc1c[nH]c2cc(C)ccc12.I. The molecular weight excluding hydrogens is 487 g/mol. The fourth-order valence-corrected chi connectivity index (χ4v) is 3.56. The third-order valence-corrected chi connectivity index (χ3v) is 5.01. The van der Waals surface area contributed by atoms with E-state index in [2.05, 4.69) is 63.8 Å². The van der Waals surface area contributed by atoms with Gasteiger partial charge in [0.15, 0.2) is 5.96 Å². The molecule has 0 amide bonds. The summed E-state index contributed by atoms with van der Waals surface area (Å²) in [5.41, 5.74) is 5.88. The van der Waals surface area contributed by atoms with Crippen molar-refractivity contribution >= 4 is 51.9 Å². The molecule has 0 radical (unpaired) electrons. The number of hydrogen-bond donors (Lipinski definition) is 4. The monoisotopic (exact) mass is 516 g/mol. The number of benzene rings is 2. The van der Waals surface area contributed by atoms with Crippen molar-refractivity contribution in [3.05, 3.63) is 65.6 Å². The van der Waals surface area contributed by atoms with Crippen molar-refractivity contribution in [1.82, 2.24) is 25.6 Å². The maximum Gasteiger partial charge on any atom is 0.191 e. The Labute approximate surface area is 194 Å². The van der Waals surface area contributed by atoms with Gasteiger partial charge in [0.05, 0.1) is 11.0 Å². The number of halogens is 1. The molecule has 0 aliphatic carbocycles. The summed E-state index contributed by atoms with van der Waals surface area (Å²) >= 11 is 0. The lowest BCUT2D eigenvalue weighted by atomic mass is 10.1. The van der Waals surface area contributed by atoms with Gasteiger partial charge in [0.2, 0.25) is 0 Å².